The summed E-state index contributed by atoms with van der Waals surface area (Å²) in [4.78, 5) is 14.2. The average molecular weight is 277 g/mol. The molecule has 3 N–H and O–H groups in total. The Hall–Kier alpha value is -1.69. The maximum atomic E-state index is 5.97. The summed E-state index contributed by atoms with van der Waals surface area (Å²) in [7, 11) is 0. The summed E-state index contributed by atoms with van der Waals surface area (Å²) in [5, 5.41) is 3.31. The zero-order valence-corrected chi connectivity index (χ0v) is 12.5. The van der Waals surface area contributed by atoms with E-state index in [-0.39, 0.29) is 5.41 Å². The van der Waals surface area contributed by atoms with Crippen LogP contribution in [0.15, 0.2) is 11.7 Å². The van der Waals surface area contributed by atoms with Crippen LogP contribution in [0.2, 0.25) is 0 Å². The average Bonchev–Trinajstić information content (AvgIpc) is 2.82. The van der Waals surface area contributed by atoms with E-state index in [1.165, 1.54) is 0 Å². The summed E-state index contributed by atoms with van der Waals surface area (Å²) in [5.41, 5.74) is 8.55. The minimum Gasteiger partial charge on any atom is -0.383 e. The first-order valence-electron chi connectivity index (χ1n) is 6.14. The second kappa shape index (κ2) is 5.13. The molecule has 5 nitrogen and oxygen atoms in total. The molecular formula is C13H19N5S. The Morgan fingerprint density at radius 1 is 1.32 bits per heavy atom. The molecule has 2 rings (SSSR count). The van der Waals surface area contributed by atoms with Crippen LogP contribution in [-0.2, 0) is 12.0 Å². The van der Waals surface area contributed by atoms with Crippen LogP contribution >= 0.6 is 11.3 Å². The fraction of sp³-hybridized carbons (Fsp3) is 0.462. The van der Waals surface area contributed by atoms with Crippen LogP contribution in [0, 0.1) is 6.92 Å². The van der Waals surface area contributed by atoms with Crippen molar-refractivity contribution in [3.63, 3.8) is 0 Å². The van der Waals surface area contributed by atoms with Crippen molar-refractivity contribution in [1.29, 1.82) is 0 Å². The second-order valence-electron chi connectivity index (χ2n) is 5.48. The zero-order chi connectivity index (χ0) is 14.0. The van der Waals surface area contributed by atoms with E-state index in [0.717, 1.165) is 22.1 Å². The third-order valence-corrected chi connectivity index (χ3v) is 3.55. The SMILES string of the molecule is Cc1c(N)nc(C(C)(C)C)nc1NCc1cncs1. The third kappa shape index (κ3) is 3.20. The Kier molecular flexibility index (Phi) is 3.71. The molecule has 0 spiro atoms. The fourth-order valence-electron chi connectivity index (χ4n) is 1.54. The van der Waals surface area contributed by atoms with Gasteiger partial charge in [-0.3, -0.25) is 4.98 Å². The zero-order valence-electron chi connectivity index (χ0n) is 11.7. The molecule has 0 atom stereocenters. The summed E-state index contributed by atoms with van der Waals surface area (Å²) in [6, 6.07) is 0. The topological polar surface area (TPSA) is 76.7 Å². The summed E-state index contributed by atoms with van der Waals surface area (Å²) >= 11 is 1.61. The molecule has 0 saturated carbocycles. The number of thiazole rings is 1. The number of nitrogens with zero attached hydrogens (tertiary/aromatic N) is 3. The van der Waals surface area contributed by atoms with E-state index in [4.69, 9.17) is 5.73 Å². The van der Waals surface area contributed by atoms with Crippen molar-refractivity contribution in [1.82, 2.24) is 15.0 Å². The fourth-order valence-corrected chi connectivity index (χ4v) is 2.08. The van der Waals surface area contributed by atoms with E-state index in [9.17, 15) is 0 Å². The lowest BCUT2D eigenvalue weighted by molar-refractivity contribution is 0.546. The number of nitrogen functional groups attached to an aromatic ring is 1. The van der Waals surface area contributed by atoms with Gasteiger partial charge in [0.25, 0.3) is 0 Å². The maximum Gasteiger partial charge on any atom is 0.138 e. The normalized spacial score (nSPS) is 11.6. The summed E-state index contributed by atoms with van der Waals surface area (Å²) < 4.78 is 0. The van der Waals surface area contributed by atoms with Crippen LogP contribution in [0.5, 0.6) is 0 Å². The molecule has 6 heteroatoms. The molecule has 0 unspecified atom stereocenters. The van der Waals surface area contributed by atoms with Gasteiger partial charge in [-0.1, -0.05) is 20.8 Å². The van der Waals surface area contributed by atoms with Gasteiger partial charge in [-0.25, -0.2) is 9.97 Å². The molecule has 0 saturated heterocycles. The Balaban J connectivity index is 2.26. The Morgan fingerprint density at radius 3 is 2.63 bits per heavy atom. The first-order valence-corrected chi connectivity index (χ1v) is 7.01. The van der Waals surface area contributed by atoms with Gasteiger partial charge in [0.1, 0.15) is 17.5 Å². The molecule has 2 aromatic rings. The van der Waals surface area contributed by atoms with Crippen LogP contribution in [0.1, 0.15) is 37.0 Å². The number of hydrogen-bond donors (Lipinski definition) is 2. The molecule has 0 bridgehead atoms. The quantitative estimate of drug-likeness (QED) is 0.902. The molecule has 0 radical (unpaired) electrons. The largest absolute Gasteiger partial charge is 0.383 e. The van der Waals surface area contributed by atoms with Gasteiger partial charge in [-0.15, -0.1) is 11.3 Å². The van der Waals surface area contributed by atoms with Gasteiger partial charge < -0.3 is 11.1 Å². The van der Waals surface area contributed by atoms with Gasteiger partial charge in [0.05, 0.1) is 12.1 Å². The summed E-state index contributed by atoms with van der Waals surface area (Å²) in [6.45, 7) is 8.85. The lowest BCUT2D eigenvalue weighted by Crippen LogP contribution is -2.19. The minimum absolute atomic E-state index is 0.122. The van der Waals surface area contributed by atoms with Crippen molar-refractivity contribution >= 4 is 23.0 Å². The number of hydrogen-bond acceptors (Lipinski definition) is 6. The molecule has 0 aliphatic heterocycles. The van der Waals surface area contributed by atoms with Crippen molar-refractivity contribution in [3.05, 3.63) is 28.0 Å². The van der Waals surface area contributed by atoms with Gasteiger partial charge >= 0.3 is 0 Å². The molecule has 2 heterocycles. The molecule has 0 aliphatic carbocycles. The van der Waals surface area contributed by atoms with Crippen LogP contribution in [0.25, 0.3) is 0 Å². The van der Waals surface area contributed by atoms with Gasteiger partial charge in [-0.2, -0.15) is 0 Å². The lowest BCUT2D eigenvalue weighted by Gasteiger charge is -2.19. The van der Waals surface area contributed by atoms with Crippen LogP contribution < -0.4 is 11.1 Å². The maximum absolute atomic E-state index is 5.97. The monoisotopic (exact) mass is 277 g/mol. The summed E-state index contributed by atoms with van der Waals surface area (Å²) in [6.07, 6.45) is 1.85. The molecule has 0 amide bonds. The molecule has 0 aliphatic rings. The highest BCUT2D eigenvalue weighted by Gasteiger charge is 2.20. The van der Waals surface area contributed by atoms with E-state index in [1.807, 2.05) is 18.6 Å². The van der Waals surface area contributed by atoms with Crippen molar-refractivity contribution in [2.24, 2.45) is 0 Å². The number of nitrogens with two attached hydrogens (primary N) is 1. The highest BCUT2D eigenvalue weighted by molar-refractivity contribution is 7.09. The predicted molar refractivity (Wildman–Crippen MR) is 79.3 cm³/mol. The number of anilines is 2. The van der Waals surface area contributed by atoms with Gasteiger partial charge in [0, 0.05) is 22.1 Å². The second-order valence-corrected chi connectivity index (χ2v) is 6.45. The first-order chi connectivity index (χ1) is 8.88. The van der Waals surface area contributed by atoms with E-state index >= 15 is 0 Å². The van der Waals surface area contributed by atoms with E-state index in [1.54, 1.807) is 11.3 Å². The van der Waals surface area contributed by atoms with Crippen LogP contribution in [-0.4, -0.2) is 15.0 Å². The van der Waals surface area contributed by atoms with Gasteiger partial charge in [-0.05, 0) is 6.92 Å². The minimum atomic E-state index is -0.122. The molecule has 0 fully saturated rings. The van der Waals surface area contributed by atoms with Crippen LogP contribution in [0.3, 0.4) is 0 Å². The number of nitrogens with one attached hydrogen (secondary N) is 1. The van der Waals surface area contributed by atoms with Gasteiger partial charge in [0.15, 0.2) is 0 Å². The van der Waals surface area contributed by atoms with E-state index < -0.39 is 0 Å². The van der Waals surface area contributed by atoms with Crippen LogP contribution in [0.4, 0.5) is 11.6 Å². The van der Waals surface area contributed by atoms with E-state index in [2.05, 4.69) is 41.0 Å². The highest BCUT2D eigenvalue weighted by atomic mass is 32.1. The summed E-state index contributed by atoms with van der Waals surface area (Å²) in [5.74, 6) is 2.08. The lowest BCUT2D eigenvalue weighted by atomic mass is 9.95. The van der Waals surface area contributed by atoms with Crippen molar-refractivity contribution in [3.8, 4) is 0 Å². The highest BCUT2D eigenvalue weighted by Crippen LogP contribution is 2.25. The molecule has 2 aromatic heterocycles. The van der Waals surface area contributed by atoms with Crippen molar-refractivity contribution < 1.29 is 0 Å². The molecular weight excluding hydrogens is 258 g/mol. The first kappa shape index (κ1) is 13.7. The van der Waals surface area contributed by atoms with Crippen molar-refractivity contribution in [2.45, 2.75) is 39.7 Å². The Labute approximate surface area is 117 Å². The van der Waals surface area contributed by atoms with Gasteiger partial charge in [0.2, 0.25) is 0 Å². The third-order valence-electron chi connectivity index (χ3n) is 2.77. The Morgan fingerprint density at radius 2 is 2.05 bits per heavy atom. The standard InChI is InChI=1S/C13H19N5S/c1-8-10(14)17-12(13(2,3)4)18-11(8)16-6-9-5-15-7-19-9/h5,7H,6H2,1-4H3,(H3,14,16,17,18). The number of rotatable bonds is 3. The van der Waals surface area contributed by atoms with E-state index in [0.29, 0.717) is 12.4 Å². The smallest absolute Gasteiger partial charge is 0.138 e. The molecule has 19 heavy (non-hydrogen) atoms. The predicted octanol–water partition coefficient (Wildman–Crippen LogP) is 2.73. The van der Waals surface area contributed by atoms with Crippen molar-refractivity contribution in [2.75, 3.05) is 11.1 Å². The number of aromatic nitrogens is 3. The Bertz CT molecular complexity index is 557. The molecule has 0 aromatic carbocycles. The molecule has 102 valence electrons.